The molecule has 0 unspecified atom stereocenters. The number of ether oxygens (including phenoxy) is 1. The fourth-order valence-electron chi connectivity index (χ4n) is 3.40. The van der Waals surface area contributed by atoms with Gasteiger partial charge in [-0.25, -0.2) is 0 Å². The van der Waals surface area contributed by atoms with E-state index in [4.69, 9.17) is 22.1 Å². The largest absolute Gasteiger partial charge is 0.456 e. The van der Waals surface area contributed by atoms with Gasteiger partial charge in [0.05, 0.1) is 23.1 Å². The molecule has 2 aromatic heterocycles. The van der Waals surface area contributed by atoms with Gasteiger partial charge in [-0.15, -0.1) is 0 Å². The topological polar surface area (TPSA) is 99.2 Å². The van der Waals surface area contributed by atoms with Crippen LogP contribution in [-0.2, 0) is 11.8 Å². The predicted molar refractivity (Wildman–Crippen MR) is 125 cm³/mol. The first-order valence-corrected chi connectivity index (χ1v) is 10.3. The number of rotatable bonds is 7. The van der Waals surface area contributed by atoms with Gasteiger partial charge in [-0.3, -0.25) is 14.6 Å². The van der Waals surface area contributed by atoms with Crippen LogP contribution >= 0.6 is 11.6 Å². The quantitative estimate of drug-likeness (QED) is 0.299. The molecular weight excluding hydrogens is 428 g/mol. The third-order valence-electron chi connectivity index (χ3n) is 5.00. The zero-order valence-corrected chi connectivity index (χ0v) is 18.1. The van der Waals surface area contributed by atoms with Crippen molar-refractivity contribution in [1.82, 2.24) is 9.55 Å². The van der Waals surface area contributed by atoms with Gasteiger partial charge in [0.1, 0.15) is 11.5 Å². The molecule has 1 amide bonds. The lowest BCUT2D eigenvalue weighted by atomic mass is 10.1. The predicted octanol–water partition coefficient (Wildman–Crippen LogP) is 5.20. The van der Waals surface area contributed by atoms with Crippen molar-refractivity contribution in [3.63, 3.8) is 0 Å². The molecule has 0 spiro atoms. The maximum Gasteiger partial charge on any atom is 0.224 e. The average Bonchev–Trinajstić information content (AvgIpc) is 3.11. The number of benzene rings is 2. The van der Waals surface area contributed by atoms with Crippen LogP contribution in [0.15, 0.2) is 67.1 Å². The number of nitrogen functional groups attached to an aromatic ring is 1. The summed E-state index contributed by atoms with van der Waals surface area (Å²) in [6, 6.07) is 14.0. The van der Waals surface area contributed by atoms with E-state index >= 15 is 0 Å². The highest BCUT2D eigenvalue weighted by Gasteiger charge is 2.16. The highest BCUT2D eigenvalue weighted by molar-refractivity contribution is 6.31. The molecular formula is C24H21ClN4O3. The van der Waals surface area contributed by atoms with Gasteiger partial charge in [0.15, 0.2) is 5.78 Å². The first-order chi connectivity index (χ1) is 15.4. The molecule has 0 saturated carbocycles. The van der Waals surface area contributed by atoms with Crippen LogP contribution in [0.1, 0.15) is 23.2 Å². The molecule has 3 N–H and O–H groups in total. The normalized spacial score (nSPS) is 10.8. The van der Waals surface area contributed by atoms with E-state index in [0.29, 0.717) is 33.5 Å². The second kappa shape index (κ2) is 9.11. The Morgan fingerprint density at radius 1 is 1.12 bits per heavy atom. The van der Waals surface area contributed by atoms with E-state index in [1.807, 2.05) is 29.8 Å². The van der Waals surface area contributed by atoms with Crippen molar-refractivity contribution in [2.75, 3.05) is 11.1 Å². The Bertz CT molecular complexity index is 1300. The van der Waals surface area contributed by atoms with Gasteiger partial charge in [-0.05, 0) is 42.5 Å². The molecule has 162 valence electrons. The molecule has 0 atom stereocenters. The van der Waals surface area contributed by atoms with E-state index in [9.17, 15) is 9.59 Å². The van der Waals surface area contributed by atoms with E-state index < -0.39 is 0 Å². The molecule has 0 saturated heterocycles. The number of hydrogen-bond acceptors (Lipinski definition) is 5. The van der Waals surface area contributed by atoms with Crippen molar-refractivity contribution in [3.05, 3.63) is 77.7 Å². The summed E-state index contributed by atoms with van der Waals surface area (Å²) in [5.74, 6) is 0.846. The number of carbonyl (C=O) groups excluding carboxylic acids is 2. The van der Waals surface area contributed by atoms with Crippen LogP contribution in [0.4, 0.5) is 11.4 Å². The number of hydrogen-bond donors (Lipinski definition) is 2. The number of halogens is 1. The summed E-state index contributed by atoms with van der Waals surface area (Å²) < 4.78 is 7.70. The number of aromatic nitrogens is 2. The summed E-state index contributed by atoms with van der Waals surface area (Å²) in [6.45, 7) is 0. The molecule has 0 aliphatic heterocycles. The molecule has 7 nitrogen and oxygen atoms in total. The zero-order chi connectivity index (χ0) is 22.7. The molecule has 0 aliphatic carbocycles. The van der Waals surface area contributed by atoms with Gasteiger partial charge in [-0.1, -0.05) is 11.6 Å². The Balaban J connectivity index is 1.45. The molecule has 0 bridgehead atoms. The van der Waals surface area contributed by atoms with Crippen LogP contribution < -0.4 is 15.8 Å². The third kappa shape index (κ3) is 4.73. The number of pyridine rings is 1. The van der Waals surface area contributed by atoms with Crippen molar-refractivity contribution < 1.29 is 14.3 Å². The number of ketones is 1. The van der Waals surface area contributed by atoms with Gasteiger partial charge in [-0.2, -0.15) is 0 Å². The minimum absolute atomic E-state index is 0.0311. The standard InChI is InChI=1S/C24H21ClN4O3/c1-29-14-19(18-6-5-16(12-22(18)29)32-17-3-2-10-27-13-17)23(30)8-9-24(31)28-21-11-15(25)4-7-20(21)26/h2-7,10-14H,8-9,26H2,1H3,(H,28,31). The monoisotopic (exact) mass is 448 g/mol. The van der Waals surface area contributed by atoms with Crippen LogP contribution in [-0.4, -0.2) is 21.2 Å². The first kappa shape index (κ1) is 21.4. The van der Waals surface area contributed by atoms with E-state index in [0.717, 1.165) is 10.9 Å². The summed E-state index contributed by atoms with van der Waals surface area (Å²) in [4.78, 5) is 29.2. The van der Waals surface area contributed by atoms with E-state index in [1.165, 1.54) is 0 Å². The lowest BCUT2D eigenvalue weighted by molar-refractivity contribution is -0.116. The van der Waals surface area contributed by atoms with E-state index in [-0.39, 0.29) is 24.5 Å². The van der Waals surface area contributed by atoms with Crippen LogP contribution in [0.3, 0.4) is 0 Å². The van der Waals surface area contributed by atoms with E-state index in [1.54, 1.807) is 48.9 Å². The Labute approximate surface area is 189 Å². The summed E-state index contributed by atoms with van der Waals surface area (Å²) >= 11 is 5.95. The Hall–Kier alpha value is -3.84. The molecule has 2 aromatic carbocycles. The number of fused-ring (bicyclic) bond motifs is 1. The average molecular weight is 449 g/mol. The second-order valence-electron chi connectivity index (χ2n) is 7.33. The van der Waals surface area contributed by atoms with Crippen molar-refractivity contribution in [1.29, 1.82) is 0 Å². The summed E-state index contributed by atoms with van der Waals surface area (Å²) in [7, 11) is 1.86. The lowest BCUT2D eigenvalue weighted by Gasteiger charge is -2.08. The fourth-order valence-corrected chi connectivity index (χ4v) is 3.58. The SMILES string of the molecule is Cn1cc(C(=O)CCC(=O)Nc2cc(Cl)ccc2N)c2ccc(Oc3cccnc3)cc21. The number of carbonyl (C=O) groups is 2. The van der Waals surface area contributed by atoms with Crippen molar-refractivity contribution >= 4 is 45.6 Å². The minimum atomic E-state index is -0.306. The molecule has 0 aliphatic rings. The van der Waals surface area contributed by atoms with Gasteiger partial charge in [0.2, 0.25) is 5.91 Å². The summed E-state index contributed by atoms with van der Waals surface area (Å²) in [5.41, 5.74) is 8.11. The smallest absolute Gasteiger partial charge is 0.224 e. The highest BCUT2D eigenvalue weighted by atomic mass is 35.5. The molecule has 8 heteroatoms. The number of anilines is 2. The van der Waals surface area contributed by atoms with Crippen LogP contribution in [0.25, 0.3) is 10.9 Å². The fraction of sp³-hybridized carbons (Fsp3) is 0.125. The van der Waals surface area contributed by atoms with Gasteiger partial charge < -0.3 is 20.4 Å². The van der Waals surface area contributed by atoms with Gasteiger partial charge in [0, 0.05) is 54.3 Å². The van der Waals surface area contributed by atoms with Crippen molar-refractivity contribution in [2.24, 2.45) is 7.05 Å². The Morgan fingerprint density at radius 3 is 2.75 bits per heavy atom. The maximum atomic E-state index is 12.8. The number of Topliss-reactive ketones (excluding diaryl/α,β-unsaturated/α-hetero) is 1. The number of nitrogens with two attached hydrogens (primary N) is 1. The second-order valence-corrected chi connectivity index (χ2v) is 7.76. The molecule has 2 heterocycles. The van der Waals surface area contributed by atoms with Crippen LogP contribution in [0.5, 0.6) is 11.5 Å². The maximum absolute atomic E-state index is 12.8. The summed E-state index contributed by atoms with van der Waals surface area (Å²) in [5, 5.41) is 3.97. The molecule has 4 aromatic rings. The van der Waals surface area contributed by atoms with Gasteiger partial charge in [0.25, 0.3) is 0 Å². The summed E-state index contributed by atoms with van der Waals surface area (Å²) in [6.07, 6.45) is 5.18. The Kier molecular flexibility index (Phi) is 6.09. The molecule has 32 heavy (non-hydrogen) atoms. The third-order valence-corrected chi connectivity index (χ3v) is 5.24. The number of nitrogens with one attached hydrogen (secondary N) is 1. The highest BCUT2D eigenvalue weighted by Crippen LogP contribution is 2.29. The molecule has 4 rings (SSSR count). The molecule has 0 fully saturated rings. The van der Waals surface area contributed by atoms with Crippen LogP contribution in [0, 0.1) is 0 Å². The zero-order valence-electron chi connectivity index (χ0n) is 17.3. The number of aryl methyl sites for hydroxylation is 1. The lowest BCUT2D eigenvalue weighted by Crippen LogP contribution is -2.14. The number of nitrogens with zero attached hydrogens (tertiary/aromatic N) is 2. The minimum Gasteiger partial charge on any atom is -0.456 e. The number of amides is 1. The first-order valence-electron chi connectivity index (χ1n) is 9.96. The van der Waals surface area contributed by atoms with Crippen LogP contribution in [0.2, 0.25) is 5.02 Å². The molecule has 0 radical (unpaired) electrons. The Morgan fingerprint density at radius 2 is 1.97 bits per heavy atom. The van der Waals surface area contributed by atoms with Crippen molar-refractivity contribution in [2.45, 2.75) is 12.8 Å². The van der Waals surface area contributed by atoms with Gasteiger partial charge >= 0.3 is 0 Å². The van der Waals surface area contributed by atoms with Crippen molar-refractivity contribution in [3.8, 4) is 11.5 Å². The van der Waals surface area contributed by atoms with E-state index in [2.05, 4.69) is 10.3 Å².